The van der Waals surface area contributed by atoms with E-state index in [1.165, 1.54) is 23.6 Å². The molecule has 10 aromatic heterocycles. The number of aryl methyl sites for hydroxylation is 13. The Hall–Kier alpha value is -10.6. The van der Waals surface area contributed by atoms with Gasteiger partial charge in [0.05, 0.1) is 22.3 Å². The topological polar surface area (TPSA) is 93.9 Å². The molecular formula is C82H78N6O4+4. The summed E-state index contributed by atoms with van der Waals surface area (Å²) in [5.74, 6) is -1.81. The molecule has 10 heteroatoms. The van der Waals surface area contributed by atoms with Crippen molar-refractivity contribution >= 4 is 88.0 Å². The highest BCUT2D eigenvalue weighted by molar-refractivity contribution is 6.13. The van der Waals surface area contributed by atoms with Crippen LogP contribution in [0, 0.1) is 62.1 Å². The second kappa shape index (κ2) is 24.3. The highest BCUT2D eigenvalue weighted by atomic mass is 16.3. The van der Waals surface area contributed by atoms with E-state index in [1.807, 2.05) is 92.2 Å². The molecule has 1 atom stereocenters. The molecule has 6 aromatic carbocycles. The first kappa shape index (κ1) is 46.5. The minimum absolute atomic E-state index is 0.213. The van der Waals surface area contributed by atoms with Crippen molar-refractivity contribution in [2.45, 2.75) is 81.8 Å². The van der Waals surface area contributed by atoms with Crippen molar-refractivity contribution in [1.82, 2.24) is 9.97 Å². The van der Waals surface area contributed by atoms with E-state index in [0.717, 1.165) is 77.4 Å². The quantitative estimate of drug-likeness (QED) is 0.159. The molecule has 16 aromatic rings. The Kier molecular flexibility index (Phi) is 12.3. The number of rotatable bonds is 5. The van der Waals surface area contributed by atoms with Crippen LogP contribution in [0.2, 0.25) is 0 Å². The Morgan fingerprint density at radius 3 is 1.40 bits per heavy atom. The van der Waals surface area contributed by atoms with Crippen molar-refractivity contribution in [2.75, 3.05) is 0 Å². The zero-order chi connectivity index (χ0) is 75.3. The van der Waals surface area contributed by atoms with E-state index in [2.05, 4.69) is 127 Å². The van der Waals surface area contributed by atoms with Crippen molar-refractivity contribution in [3.8, 4) is 45.0 Å². The number of benzene rings is 6. The molecule has 16 rings (SSSR count). The van der Waals surface area contributed by atoms with Crippen LogP contribution in [0.3, 0.4) is 0 Å². The number of furan rings is 4. The van der Waals surface area contributed by atoms with Crippen LogP contribution < -0.4 is 18.3 Å². The number of hydrogen-bond acceptors (Lipinski definition) is 6. The third-order valence-electron chi connectivity index (χ3n) is 17.4. The molecule has 456 valence electrons. The second-order valence-electron chi connectivity index (χ2n) is 23.8. The fraction of sp³-hybridized carbons (Fsp3) is 0.195. The van der Waals surface area contributed by atoms with E-state index in [1.54, 1.807) is 73.7 Å². The monoisotopic (exact) mass is 1220 g/mol. The SMILES string of the molecule is Cc1ccc(-c2c(C)ccc3c2oc2ncccc23)[n+](C)c1.Cc1ccc2c(oc3ncccc32)c1-c1cccc[n+]1C.[2H]C([2H])([2H])c1c[n+](C)c(-c2c(C)cc(C([2H])([2H])[2H])c3c2oc2ccccc23)cc1C.[2H]C([2H])([2H])c1cc(C)c(-c2cc(C([2H])(C)C([2H])([2H])[2H])cc[n+]2C)c2oc3ccccc3c12. The standard InChI is InChI=1S/C23H24NO.C22H22NO.C19H17N2O.C18H15N2O/c1-14(2)17-10-11-24(5)19(13-17)22-16(4)12-15(3)21-18-8-6-7-9-20(18)25-23(21)22;1-13-11-18(23(5)12-16(13)4)21-15(3)10-14(2)20-17-8-6-7-9-19(17)24-22(20)21;1-12-6-9-16(21(3)11-12)17-13(2)7-8-14-15-5-4-10-20-19(15)22-18(14)17;1-12-8-9-13-14-6-5-10-19-18(14)21-17(13)16(12)15-7-3-4-11-20(15)2/h6-14H,1-5H3;6-12H,1-5H3;4-11H,1-3H3;3-11H,1-2H3/q4*+1/i1D3,3D3,14D;2D3,4D3;;. The van der Waals surface area contributed by atoms with Gasteiger partial charge in [-0.15, -0.1) is 0 Å². The number of para-hydroxylation sites is 2. The maximum Gasteiger partial charge on any atom is 0.227 e. The van der Waals surface area contributed by atoms with Crippen LogP contribution in [0.5, 0.6) is 0 Å². The van der Waals surface area contributed by atoms with Gasteiger partial charge in [0.15, 0.2) is 36.0 Å². The summed E-state index contributed by atoms with van der Waals surface area (Å²) in [6.07, 6.45) is 11.0. The smallest absolute Gasteiger partial charge is 0.227 e. The van der Waals surface area contributed by atoms with Crippen molar-refractivity contribution in [3.05, 3.63) is 251 Å². The van der Waals surface area contributed by atoms with Gasteiger partial charge >= 0.3 is 0 Å². The maximum absolute atomic E-state index is 8.50. The lowest BCUT2D eigenvalue weighted by Crippen LogP contribution is -2.31. The van der Waals surface area contributed by atoms with Crippen LogP contribution in [0.25, 0.3) is 133 Å². The average molecular weight is 1220 g/mol. The van der Waals surface area contributed by atoms with Crippen molar-refractivity contribution in [3.63, 3.8) is 0 Å². The van der Waals surface area contributed by atoms with E-state index in [9.17, 15) is 0 Å². The highest BCUT2D eigenvalue weighted by Crippen LogP contribution is 2.42. The Morgan fingerprint density at radius 2 is 0.870 bits per heavy atom. The van der Waals surface area contributed by atoms with Crippen molar-refractivity contribution < 1.29 is 53.8 Å². The lowest BCUT2D eigenvalue weighted by atomic mass is 9.95. The van der Waals surface area contributed by atoms with Gasteiger partial charge in [-0.2, -0.15) is 0 Å². The minimum atomic E-state index is -2.51. The molecule has 10 nitrogen and oxygen atoms in total. The van der Waals surface area contributed by atoms with Gasteiger partial charge in [-0.25, -0.2) is 28.2 Å². The van der Waals surface area contributed by atoms with Gasteiger partial charge in [-0.3, -0.25) is 0 Å². The molecule has 0 N–H and O–H groups in total. The Bertz CT molecular complexity index is 6110. The predicted octanol–water partition coefficient (Wildman–Crippen LogP) is 19.0. The van der Waals surface area contributed by atoms with Gasteiger partial charge in [-0.05, 0) is 161 Å². The molecular weight excluding hydrogens is 1130 g/mol. The zero-order valence-corrected chi connectivity index (χ0v) is 53.3. The molecule has 0 amide bonds. The van der Waals surface area contributed by atoms with E-state index >= 15 is 0 Å². The lowest BCUT2D eigenvalue weighted by Gasteiger charge is -2.10. The van der Waals surface area contributed by atoms with E-state index in [4.69, 9.17) is 35.5 Å². The molecule has 1 unspecified atom stereocenters. The highest BCUT2D eigenvalue weighted by Gasteiger charge is 2.27. The van der Waals surface area contributed by atoms with E-state index in [-0.39, 0.29) is 16.7 Å². The second-order valence-corrected chi connectivity index (χ2v) is 23.8. The summed E-state index contributed by atoms with van der Waals surface area (Å²) in [4.78, 5) is 8.68. The minimum Gasteiger partial charge on any atom is -0.455 e. The summed E-state index contributed by atoms with van der Waals surface area (Å²) in [5, 5.41) is 6.91. The first-order valence-electron chi connectivity index (χ1n) is 36.9. The van der Waals surface area contributed by atoms with Crippen LogP contribution in [-0.4, -0.2) is 9.97 Å². The molecule has 0 aliphatic carbocycles. The summed E-state index contributed by atoms with van der Waals surface area (Å²) < 4.78 is 136. The number of aromatic nitrogens is 6. The molecule has 0 fully saturated rings. The Morgan fingerprint density at radius 1 is 0.380 bits per heavy atom. The largest absolute Gasteiger partial charge is 0.455 e. The number of fused-ring (bicyclic) bond motifs is 12. The lowest BCUT2D eigenvalue weighted by molar-refractivity contribution is -0.660. The summed E-state index contributed by atoms with van der Waals surface area (Å²) in [6, 6.07) is 50.2. The van der Waals surface area contributed by atoms with Crippen LogP contribution in [0.4, 0.5) is 0 Å². The van der Waals surface area contributed by atoms with Crippen LogP contribution >= 0.6 is 0 Å². The van der Waals surface area contributed by atoms with E-state index < -0.39 is 33.3 Å². The van der Waals surface area contributed by atoms with Gasteiger partial charge in [-0.1, -0.05) is 86.6 Å². The van der Waals surface area contributed by atoms with Gasteiger partial charge in [0.1, 0.15) is 50.5 Å². The first-order chi connectivity index (χ1) is 49.5. The summed E-state index contributed by atoms with van der Waals surface area (Å²) >= 11 is 0. The van der Waals surface area contributed by atoms with Gasteiger partial charge in [0.25, 0.3) is 0 Å². The van der Waals surface area contributed by atoms with E-state index in [0.29, 0.717) is 77.9 Å². The Labute approximate surface area is 555 Å². The van der Waals surface area contributed by atoms with Gasteiger partial charge in [0.2, 0.25) is 34.2 Å². The third kappa shape index (κ3) is 10.8. The first-order valence-corrected chi connectivity index (χ1v) is 30.4. The van der Waals surface area contributed by atoms with Crippen LogP contribution in [0.1, 0.15) is 93.1 Å². The summed E-state index contributed by atoms with van der Waals surface area (Å²) in [7, 11) is 7.73. The third-order valence-corrected chi connectivity index (χ3v) is 17.4. The van der Waals surface area contributed by atoms with Gasteiger partial charge < -0.3 is 17.7 Å². The molecule has 0 radical (unpaired) electrons. The van der Waals surface area contributed by atoms with Crippen LogP contribution in [0.15, 0.2) is 213 Å². The molecule has 10 heterocycles. The Balaban J connectivity index is 0.000000126. The maximum atomic E-state index is 8.50. The zero-order valence-electron chi connectivity index (χ0n) is 66.3. The predicted molar refractivity (Wildman–Crippen MR) is 374 cm³/mol. The number of nitrogens with zero attached hydrogens (tertiary/aromatic N) is 6. The van der Waals surface area contributed by atoms with Crippen molar-refractivity contribution in [2.24, 2.45) is 28.2 Å². The molecule has 0 bridgehead atoms. The molecule has 0 aliphatic heterocycles. The fourth-order valence-electron chi connectivity index (χ4n) is 12.7. The number of pyridine rings is 6. The van der Waals surface area contributed by atoms with Crippen LogP contribution in [-0.2, 0) is 28.2 Å². The molecule has 0 saturated heterocycles. The average Bonchev–Trinajstić information content (AvgIpc) is 1.63. The van der Waals surface area contributed by atoms with Gasteiger partial charge in [0, 0.05) is 121 Å². The summed E-state index contributed by atoms with van der Waals surface area (Å²) in [6.45, 7) is 3.79. The fourth-order valence-corrected chi connectivity index (χ4v) is 12.7. The molecule has 0 saturated carbocycles. The number of hydrogen-bond donors (Lipinski definition) is 0. The summed E-state index contributed by atoms with van der Waals surface area (Å²) in [5.41, 5.74) is 19.5. The molecule has 0 spiro atoms. The van der Waals surface area contributed by atoms with Crippen molar-refractivity contribution in [1.29, 1.82) is 0 Å². The molecule has 0 aliphatic rings. The normalized spacial score (nSPS) is 14.8. The molecule has 92 heavy (non-hydrogen) atoms.